The molecule has 0 aliphatic heterocycles. The molecule has 1 fully saturated rings. The van der Waals surface area contributed by atoms with E-state index in [-0.39, 0.29) is 23.2 Å². The molecule has 1 nitrogen and oxygen atoms in total. The zero-order valence-electron chi connectivity index (χ0n) is 37.9. The van der Waals surface area contributed by atoms with Gasteiger partial charge < -0.3 is 0 Å². The Bertz CT molecular complexity index is 7050. The van der Waals surface area contributed by atoms with Crippen molar-refractivity contribution in [3.63, 3.8) is 0 Å². The molecule has 0 radical (unpaired) electrons. The van der Waals surface area contributed by atoms with Crippen LogP contribution >= 0.6 is 0 Å². The Morgan fingerprint density at radius 2 is 0.394 bits per heavy atom. The standard InChI is InChI=1S/C70H18O/c1-6(2)8-5-9(71)64(7(3)4)70-67-60-54-44-36-26-18-14-11-10-12-16(18)24-32(26)46(54)52-42-34(24)28-20(12)21-13(10)17-19-15(11)23-22(14)30(36)40-41-31(23)37-27(19)33-25(17)35-29(21)39-38(28)48(42)56-57-49(39)43(35)53-47(33)55-45(37)51(41)63(62(67)50(40)44)68(70)61(55)59(53)66(57)69(8,70)65(56)58(52)60/h6-8,64H,5H2,1-4H3/t8-,64+,69?,70?/m1/s1. The molecular formula is C70H18O. The molecule has 0 bridgehead atoms. The minimum Gasteiger partial charge on any atom is -0.299 e. The molecule has 1 saturated carbocycles. The van der Waals surface area contributed by atoms with Crippen LogP contribution in [0.4, 0.5) is 0 Å². The van der Waals surface area contributed by atoms with E-state index in [1.807, 2.05) is 0 Å². The first-order chi connectivity index (χ1) is 35.0. The van der Waals surface area contributed by atoms with Gasteiger partial charge in [-0.2, -0.15) is 0 Å². The van der Waals surface area contributed by atoms with Crippen LogP contribution in [0.3, 0.4) is 0 Å². The van der Waals surface area contributed by atoms with Crippen LogP contribution < -0.4 is 0 Å². The smallest absolute Gasteiger partial charge is 0.137 e. The highest BCUT2D eigenvalue weighted by Gasteiger charge is 2.77. The number of carbonyl (C=O) groups excluding carboxylic acids is 1. The molecule has 0 heterocycles. The monoisotopic (exact) mass is 874 g/mol. The molecule has 0 aromatic heterocycles. The number of hydrogen-bond acceptors (Lipinski definition) is 1. The maximum atomic E-state index is 16.5. The summed E-state index contributed by atoms with van der Waals surface area (Å²) in [5.41, 5.74) is 5.90. The van der Waals surface area contributed by atoms with E-state index in [1.165, 1.54) is 0 Å². The fourth-order valence-electron chi connectivity index (χ4n) is 26.9. The molecule has 28 aromatic carbocycles. The molecule has 5 aliphatic rings. The summed E-state index contributed by atoms with van der Waals surface area (Å²) in [5.74, 6) is 1.14. The van der Waals surface area contributed by atoms with Gasteiger partial charge in [-0.3, -0.25) is 4.79 Å². The van der Waals surface area contributed by atoms with E-state index in [1.54, 1.807) is 313 Å². The minimum absolute atomic E-state index is 0.117. The summed E-state index contributed by atoms with van der Waals surface area (Å²) in [7, 11) is 0. The lowest BCUT2D eigenvalue weighted by Crippen LogP contribution is -2.66. The lowest BCUT2D eigenvalue weighted by atomic mass is 9.36. The first-order valence-electron chi connectivity index (χ1n) is 27.3. The van der Waals surface area contributed by atoms with Crippen molar-refractivity contribution in [3.8, 4) is 0 Å². The van der Waals surface area contributed by atoms with Gasteiger partial charge in [0, 0.05) is 23.2 Å². The van der Waals surface area contributed by atoms with Crippen LogP contribution in [-0.4, -0.2) is 5.78 Å². The third-order valence-corrected chi connectivity index (χ3v) is 26.7. The fraction of sp³-hybridized carbons (Fsp3) is 0.157. The minimum atomic E-state index is -0.503. The van der Waals surface area contributed by atoms with Gasteiger partial charge in [0.25, 0.3) is 0 Å². The van der Waals surface area contributed by atoms with E-state index in [2.05, 4.69) is 27.7 Å². The molecule has 5 aliphatic carbocycles. The van der Waals surface area contributed by atoms with Crippen molar-refractivity contribution < 1.29 is 4.79 Å². The molecule has 33 rings (SSSR count). The highest BCUT2D eigenvalue weighted by Crippen LogP contribution is 2.87. The van der Waals surface area contributed by atoms with Gasteiger partial charge in [-0.25, -0.2) is 0 Å². The van der Waals surface area contributed by atoms with Crippen LogP contribution in [0.1, 0.15) is 56.4 Å². The second-order valence-corrected chi connectivity index (χ2v) is 27.6. The van der Waals surface area contributed by atoms with Gasteiger partial charge >= 0.3 is 0 Å². The lowest BCUT2D eigenvalue weighted by molar-refractivity contribution is -0.135. The van der Waals surface area contributed by atoms with Crippen LogP contribution in [0.15, 0.2) is 0 Å². The summed E-state index contributed by atoms with van der Waals surface area (Å²) < 4.78 is 0. The number of Topliss-reactive ketones (excluding diaryl/α,β-unsaturated/α-hetero) is 1. The molecular weight excluding hydrogens is 857 g/mol. The van der Waals surface area contributed by atoms with Crippen LogP contribution in [0, 0.1) is 23.7 Å². The van der Waals surface area contributed by atoms with Crippen molar-refractivity contribution in [1.82, 2.24) is 0 Å². The van der Waals surface area contributed by atoms with E-state index < -0.39 is 5.41 Å². The molecule has 0 amide bonds. The summed E-state index contributed by atoms with van der Waals surface area (Å²) in [6.45, 7) is 10.1. The number of benzene rings is 18. The quantitative estimate of drug-likeness (QED) is 0.158. The average Bonchev–Trinajstić information content (AvgIpc) is 4.23. The topological polar surface area (TPSA) is 17.1 Å². The van der Waals surface area contributed by atoms with Gasteiger partial charge in [0.1, 0.15) is 5.78 Å². The average molecular weight is 875 g/mol. The third-order valence-electron chi connectivity index (χ3n) is 26.7. The fourth-order valence-corrected chi connectivity index (χ4v) is 26.9. The Hall–Kier alpha value is -7.87. The van der Waals surface area contributed by atoms with Crippen LogP contribution in [-0.2, 0) is 15.6 Å². The van der Waals surface area contributed by atoms with E-state index in [9.17, 15) is 0 Å². The predicted molar refractivity (Wildman–Crippen MR) is 300 cm³/mol. The molecule has 71 heavy (non-hydrogen) atoms. The summed E-state index contributed by atoms with van der Waals surface area (Å²) in [6, 6.07) is 0. The molecule has 0 unspecified atom stereocenters. The third kappa shape index (κ3) is 1.45. The highest BCUT2D eigenvalue weighted by atomic mass is 16.1. The van der Waals surface area contributed by atoms with E-state index >= 15 is 4.79 Å². The Morgan fingerprint density at radius 3 is 0.549 bits per heavy atom. The van der Waals surface area contributed by atoms with Crippen molar-refractivity contribution in [2.24, 2.45) is 23.7 Å². The molecule has 1 heteroatoms. The number of rotatable bonds is 2. The zero-order valence-corrected chi connectivity index (χ0v) is 37.9. The molecule has 2 spiro atoms. The van der Waals surface area contributed by atoms with Gasteiger partial charge in [0.05, 0.1) is 0 Å². The lowest BCUT2D eigenvalue weighted by Gasteiger charge is -2.64. The van der Waals surface area contributed by atoms with Crippen molar-refractivity contribution in [2.45, 2.75) is 44.9 Å². The van der Waals surface area contributed by atoms with Crippen LogP contribution in [0.5, 0.6) is 0 Å². The maximum absolute atomic E-state index is 16.5. The van der Waals surface area contributed by atoms with Crippen molar-refractivity contribution >= 4 is 297 Å². The summed E-state index contributed by atoms with van der Waals surface area (Å²) in [5, 5.41) is 88.4. The Morgan fingerprint density at radius 1 is 0.239 bits per heavy atom. The molecule has 0 saturated heterocycles. The van der Waals surface area contributed by atoms with Crippen molar-refractivity contribution in [3.05, 3.63) is 22.3 Å². The molecule has 0 N–H and O–H groups in total. The van der Waals surface area contributed by atoms with Gasteiger partial charge in [0.15, 0.2) is 0 Å². The maximum Gasteiger partial charge on any atom is 0.137 e. The van der Waals surface area contributed by atoms with Gasteiger partial charge in [0.2, 0.25) is 0 Å². The summed E-state index contributed by atoms with van der Waals surface area (Å²) in [4.78, 5) is 16.5. The van der Waals surface area contributed by atoms with E-state index in [0.29, 0.717) is 18.1 Å². The summed E-state index contributed by atoms with van der Waals surface area (Å²) >= 11 is 0. The number of ketones is 1. The van der Waals surface area contributed by atoms with Crippen molar-refractivity contribution in [2.75, 3.05) is 0 Å². The highest BCUT2D eigenvalue weighted by molar-refractivity contribution is 6.82. The molecule has 28 aromatic rings. The largest absolute Gasteiger partial charge is 0.299 e. The van der Waals surface area contributed by atoms with Crippen LogP contribution in [0.25, 0.3) is 291 Å². The normalized spacial score (nSPS) is 25.0. The van der Waals surface area contributed by atoms with Gasteiger partial charge in [-0.15, -0.1) is 0 Å². The second-order valence-electron chi connectivity index (χ2n) is 27.6. The SMILES string of the molecule is CC(C)[C@H]1CC(=O)[C@H](C(C)C)C23c4c5c6c7c8c9c(c%10c%11c2c2c4c4c%12c5c5c6c6c8c8c%13c9c9c%10c%10c%11c%11c2c2c4c4c%12c%12c5c5c6c8c6c8c%13c9c9c%10c%10c%11c2c2c4c4c%12c5c6c5c8c9c%10c2c45)C713. The zero-order chi connectivity index (χ0) is 43.1. The van der Waals surface area contributed by atoms with Gasteiger partial charge in [-0.1, -0.05) is 27.7 Å². The van der Waals surface area contributed by atoms with E-state index in [4.69, 9.17) is 0 Å². The van der Waals surface area contributed by atoms with Crippen LogP contribution in [0.2, 0.25) is 0 Å². The Labute approximate surface area is 390 Å². The van der Waals surface area contributed by atoms with Gasteiger partial charge in [-0.05, 0) is 331 Å². The first kappa shape index (κ1) is 27.5. The van der Waals surface area contributed by atoms with Crippen molar-refractivity contribution in [1.29, 1.82) is 0 Å². The Kier molecular flexibility index (Phi) is 2.39. The second kappa shape index (κ2) is 6.16. The van der Waals surface area contributed by atoms with E-state index in [0.717, 1.165) is 0 Å². The molecule has 304 valence electrons. The predicted octanol–water partition coefficient (Wildman–Crippen LogP) is 18.8. The Balaban J connectivity index is 1.22. The summed E-state index contributed by atoms with van der Waals surface area (Å²) in [6.07, 6.45) is 0.680. The number of carbonyl (C=O) groups is 1. The number of hydrogen-bond donors (Lipinski definition) is 0. The first-order valence-corrected chi connectivity index (χ1v) is 27.3. The molecule has 2 atom stereocenters.